The van der Waals surface area contributed by atoms with E-state index < -0.39 is 6.04 Å². The van der Waals surface area contributed by atoms with Gasteiger partial charge in [-0.1, -0.05) is 6.07 Å². The largest absolute Gasteiger partial charge is 0.392 e. The van der Waals surface area contributed by atoms with Crippen LogP contribution in [0.15, 0.2) is 18.3 Å². The van der Waals surface area contributed by atoms with E-state index in [9.17, 15) is 9.59 Å². The van der Waals surface area contributed by atoms with Crippen molar-refractivity contribution < 1.29 is 14.7 Å². The third kappa shape index (κ3) is 2.59. The molecule has 1 fully saturated rings. The van der Waals surface area contributed by atoms with Gasteiger partial charge >= 0.3 is 0 Å². The van der Waals surface area contributed by atoms with E-state index in [-0.39, 0.29) is 18.4 Å². The topological polar surface area (TPSA) is 91.3 Å². The van der Waals surface area contributed by atoms with Gasteiger partial charge in [-0.3, -0.25) is 14.9 Å². The van der Waals surface area contributed by atoms with Gasteiger partial charge in [0.05, 0.1) is 6.61 Å². The van der Waals surface area contributed by atoms with Crippen LogP contribution < -0.4 is 10.6 Å². The molecule has 17 heavy (non-hydrogen) atoms. The molecule has 90 valence electrons. The highest BCUT2D eigenvalue weighted by Crippen LogP contribution is 2.15. The molecular weight excluding hydrogens is 222 g/mol. The molecule has 3 N–H and O–H groups in total. The summed E-state index contributed by atoms with van der Waals surface area (Å²) in [4.78, 5) is 26.6. The molecule has 1 aromatic heterocycles. The minimum atomic E-state index is -0.479. The minimum Gasteiger partial charge on any atom is -0.392 e. The fourth-order valence-corrected chi connectivity index (χ4v) is 1.69. The molecule has 0 radical (unpaired) electrons. The average molecular weight is 235 g/mol. The number of amides is 2. The Morgan fingerprint density at radius 1 is 1.53 bits per heavy atom. The molecule has 1 atom stereocenters. The highest BCUT2D eigenvalue weighted by molar-refractivity contribution is 6.01. The summed E-state index contributed by atoms with van der Waals surface area (Å²) in [5, 5.41) is 14.3. The fourth-order valence-electron chi connectivity index (χ4n) is 1.69. The van der Waals surface area contributed by atoms with Crippen molar-refractivity contribution in [2.75, 3.05) is 5.32 Å². The van der Waals surface area contributed by atoms with E-state index in [1.54, 1.807) is 18.3 Å². The number of rotatable bonds is 3. The first-order valence-corrected chi connectivity index (χ1v) is 5.35. The minimum absolute atomic E-state index is 0.149. The van der Waals surface area contributed by atoms with Crippen molar-refractivity contribution in [3.8, 4) is 0 Å². The SMILES string of the molecule is O=C1CCC(Nc2ncccc2CO)C(=O)N1. The van der Waals surface area contributed by atoms with Crippen molar-refractivity contribution in [2.45, 2.75) is 25.5 Å². The number of anilines is 1. The lowest BCUT2D eigenvalue weighted by atomic mass is 10.1. The smallest absolute Gasteiger partial charge is 0.249 e. The Morgan fingerprint density at radius 3 is 3.06 bits per heavy atom. The number of aliphatic hydroxyl groups excluding tert-OH is 1. The standard InChI is InChI=1S/C11H13N3O3/c15-6-7-2-1-5-12-10(7)13-8-3-4-9(16)14-11(8)17/h1-2,5,8,15H,3-4,6H2,(H,12,13)(H,14,16,17). The number of hydrogen-bond donors (Lipinski definition) is 3. The highest BCUT2D eigenvalue weighted by atomic mass is 16.3. The van der Waals surface area contributed by atoms with Crippen LogP contribution in [0.1, 0.15) is 18.4 Å². The number of aliphatic hydroxyl groups is 1. The van der Waals surface area contributed by atoms with Crippen molar-refractivity contribution in [2.24, 2.45) is 0 Å². The van der Waals surface area contributed by atoms with E-state index in [4.69, 9.17) is 5.11 Å². The molecule has 0 bridgehead atoms. The Hall–Kier alpha value is -1.95. The molecule has 2 rings (SSSR count). The Bertz CT molecular complexity index is 447. The molecule has 1 aliphatic heterocycles. The number of imide groups is 1. The molecule has 6 nitrogen and oxygen atoms in total. The summed E-state index contributed by atoms with van der Waals surface area (Å²) >= 11 is 0. The number of nitrogens with zero attached hydrogens (tertiary/aromatic N) is 1. The monoisotopic (exact) mass is 235 g/mol. The van der Waals surface area contributed by atoms with Crippen LogP contribution in [0.3, 0.4) is 0 Å². The zero-order valence-corrected chi connectivity index (χ0v) is 9.14. The molecule has 0 aliphatic carbocycles. The summed E-state index contributed by atoms with van der Waals surface area (Å²) in [6, 6.07) is 2.95. The van der Waals surface area contributed by atoms with Crippen LogP contribution >= 0.6 is 0 Å². The van der Waals surface area contributed by atoms with Gasteiger partial charge in [0.25, 0.3) is 0 Å². The van der Waals surface area contributed by atoms with Gasteiger partial charge in [-0.15, -0.1) is 0 Å². The zero-order valence-electron chi connectivity index (χ0n) is 9.14. The Balaban J connectivity index is 2.10. The molecule has 2 heterocycles. The van der Waals surface area contributed by atoms with Gasteiger partial charge < -0.3 is 10.4 Å². The molecular formula is C11H13N3O3. The van der Waals surface area contributed by atoms with Crippen LogP contribution in [0.25, 0.3) is 0 Å². The van der Waals surface area contributed by atoms with E-state index in [0.717, 1.165) is 0 Å². The van der Waals surface area contributed by atoms with Gasteiger partial charge in [0.15, 0.2) is 0 Å². The lowest BCUT2D eigenvalue weighted by molar-refractivity contribution is -0.133. The van der Waals surface area contributed by atoms with Crippen molar-refractivity contribution in [3.63, 3.8) is 0 Å². The van der Waals surface area contributed by atoms with Crippen LogP contribution in [0, 0.1) is 0 Å². The van der Waals surface area contributed by atoms with Crippen LogP contribution in [-0.2, 0) is 16.2 Å². The lowest BCUT2D eigenvalue weighted by Gasteiger charge is -2.23. The number of nitrogens with one attached hydrogen (secondary N) is 2. The summed E-state index contributed by atoms with van der Waals surface area (Å²) in [6.45, 7) is -0.149. The summed E-state index contributed by atoms with van der Waals surface area (Å²) in [5.74, 6) is -0.128. The van der Waals surface area contributed by atoms with E-state index in [0.29, 0.717) is 24.2 Å². The highest BCUT2D eigenvalue weighted by Gasteiger charge is 2.26. The summed E-state index contributed by atoms with van der Waals surface area (Å²) in [5.41, 5.74) is 0.622. The van der Waals surface area contributed by atoms with Crippen molar-refractivity contribution in [3.05, 3.63) is 23.9 Å². The number of pyridine rings is 1. The van der Waals surface area contributed by atoms with Crippen molar-refractivity contribution >= 4 is 17.6 Å². The van der Waals surface area contributed by atoms with Crippen LogP contribution in [-0.4, -0.2) is 27.9 Å². The van der Waals surface area contributed by atoms with E-state index >= 15 is 0 Å². The Morgan fingerprint density at radius 2 is 2.35 bits per heavy atom. The van der Waals surface area contributed by atoms with Crippen LogP contribution in [0.2, 0.25) is 0 Å². The predicted octanol–water partition coefficient (Wildman–Crippen LogP) is -0.209. The second-order valence-corrected chi connectivity index (χ2v) is 3.82. The number of aromatic nitrogens is 1. The fraction of sp³-hybridized carbons (Fsp3) is 0.364. The molecule has 6 heteroatoms. The average Bonchev–Trinajstić information content (AvgIpc) is 2.33. The summed E-state index contributed by atoms with van der Waals surface area (Å²) in [6.07, 6.45) is 2.32. The van der Waals surface area contributed by atoms with Crippen LogP contribution in [0.4, 0.5) is 5.82 Å². The number of carbonyl (C=O) groups is 2. The molecule has 1 saturated heterocycles. The molecule has 1 aliphatic rings. The van der Waals surface area contributed by atoms with Gasteiger partial charge in [-0.05, 0) is 12.5 Å². The number of carbonyl (C=O) groups excluding carboxylic acids is 2. The van der Waals surface area contributed by atoms with E-state index in [1.165, 1.54) is 0 Å². The lowest BCUT2D eigenvalue weighted by Crippen LogP contribution is -2.47. The molecule has 0 aromatic carbocycles. The maximum Gasteiger partial charge on any atom is 0.249 e. The second kappa shape index (κ2) is 4.92. The van der Waals surface area contributed by atoms with Crippen molar-refractivity contribution in [1.29, 1.82) is 0 Å². The summed E-state index contributed by atoms with van der Waals surface area (Å²) < 4.78 is 0. The molecule has 1 unspecified atom stereocenters. The predicted molar refractivity (Wildman–Crippen MR) is 60.0 cm³/mol. The first-order valence-electron chi connectivity index (χ1n) is 5.35. The van der Waals surface area contributed by atoms with Gasteiger partial charge in [0, 0.05) is 18.2 Å². The molecule has 0 saturated carbocycles. The first kappa shape index (κ1) is 11.5. The third-order valence-corrected chi connectivity index (χ3v) is 2.61. The van der Waals surface area contributed by atoms with Crippen LogP contribution in [0.5, 0.6) is 0 Å². The number of piperidine rings is 1. The van der Waals surface area contributed by atoms with E-state index in [1.807, 2.05) is 0 Å². The molecule has 1 aromatic rings. The Labute approximate surface area is 98.1 Å². The van der Waals surface area contributed by atoms with Gasteiger partial charge in [-0.2, -0.15) is 0 Å². The molecule has 2 amide bonds. The normalized spacial score (nSPS) is 19.9. The Kier molecular flexibility index (Phi) is 3.34. The third-order valence-electron chi connectivity index (χ3n) is 2.61. The quantitative estimate of drug-likeness (QED) is 0.631. The molecule has 0 spiro atoms. The van der Waals surface area contributed by atoms with E-state index in [2.05, 4.69) is 15.6 Å². The first-order chi connectivity index (χ1) is 8.20. The van der Waals surface area contributed by atoms with Crippen molar-refractivity contribution in [1.82, 2.24) is 10.3 Å². The zero-order chi connectivity index (χ0) is 12.3. The maximum absolute atomic E-state index is 11.5. The summed E-state index contributed by atoms with van der Waals surface area (Å²) in [7, 11) is 0. The number of hydrogen-bond acceptors (Lipinski definition) is 5. The van der Waals surface area contributed by atoms with Gasteiger partial charge in [0.1, 0.15) is 11.9 Å². The second-order valence-electron chi connectivity index (χ2n) is 3.82. The van der Waals surface area contributed by atoms with Gasteiger partial charge in [-0.25, -0.2) is 4.98 Å². The maximum atomic E-state index is 11.5. The van der Waals surface area contributed by atoms with Gasteiger partial charge in [0.2, 0.25) is 11.8 Å².